The van der Waals surface area contributed by atoms with Gasteiger partial charge in [0.2, 0.25) is 0 Å². The lowest BCUT2D eigenvalue weighted by Gasteiger charge is -2.21. The first-order chi connectivity index (χ1) is 17.7. The van der Waals surface area contributed by atoms with Crippen LogP contribution in [0, 0.1) is 0 Å². The molecule has 0 radical (unpaired) electrons. The molecule has 0 aliphatic heterocycles. The summed E-state index contributed by atoms with van der Waals surface area (Å²) in [7, 11) is 1.28. The molecule has 3 aromatic rings. The first-order valence-electron chi connectivity index (χ1n) is 12.5. The number of hydrogen-bond donors (Lipinski definition) is 1. The van der Waals surface area contributed by atoms with E-state index in [-0.39, 0.29) is 30.6 Å². The number of methoxy groups -OCH3 is 1. The standard InChI is InChI=1S/C31H35NO5/c1-31(2,3)37-27(33)20-12-19-26(30(35)36-4)32-29(34)25-18-11-17-24(21-25)28(22-13-7-5-8-14-22)23-15-9-6-10-16-23/h5-11,13-18,21,26,28H,12,19-20H2,1-4H3,(H,32,34)/t26-/m0/s1. The van der Waals surface area contributed by atoms with Gasteiger partial charge in [0.15, 0.2) is 0 Å². The van der Waals surface area contributed by atoms with Gasteiger partial charge < -0.3 is 14.8 Å². The molecule has 0 aliphatic carbocycles. The van der Waals surface area contributed by atoms with Crippen molar-refractivity contribution in [3.8, 4) is 0 Å². The summed E-state index contributed by atoms with van der Waals surface area (Å²) in [5.41, 5.74) is 3.05. The van der Waals surface area contributed by atoms with Gasteiger partial charge in [-0.15, -0.1) is 0 Å². The van der Waals surface area contributed by atoms with E-state index in [1.54, 1.807) is 26.8 Å². The molecule has 0 saturated carbocycles. The minimum Gasteiger partial charge on any atom is -0.467 e. The summed E-state index contributed by atoms with van der Waals surface area (Å²) in [6.45, 7) is 5.41. The number of rotatable bonds is 10. The fourth-order valence-electron chi connectivity index (χ4n) is 4.20. The first-order valence-corrected chi connectivity index (χ1v) is 12.5. The molecule has 0 saturated heterocycles. The van der Waals surface area contributed by atoms with E-state index >= 15 is 0 Å². The molecule has 1 N–H and O–H groups in total. The number of hydrogen-bond acceptors (Lipinski definition) is 5. The predicted octanol–water partition coefficient (Wildman–Crippen LogP) is 5.65. The molecule has 3 rings (SSSR count). The minimum absolute atomic E-state index is 0.0552. The predicted molar refractivity (Wildman–Crippen MR) is 143 cm³/mol. The van der Waals surface area contributed by atoms with E-state index in [0.717, 1.165) is 16.7 Å². The van der Waals surface area contributed by atoms with Crippen molar-refractivity contribution in [3.63, 3.8) is 0 Å². The molecule has 0 aromatic heterocycles. The zero-order chi connectivity index (χ0) is 26.8. The van der Waals surface area contributed by atoms with E-state index < -0.39 is 17.6 Å². The molecule has 1 atom stereocenters. The van der Waals surface area contributed by atoms with Crippen molar-refractivity contribution < 1.29 is 23.9 Å². The number of benzene rings is 3. The van der Waals surface area contributed by atoms with E-state index in [1.807, 2.05) is 54.6 Å². The van der Waals surface area contributed by atoms with Crippen LogP contribution in [0.15, 0.2) is 84.9 Å². The highest BCUT2D eigenvalue weighted by molar-refractivity contribution is 5.97. The summed E-state index contributed by atoms with van der Waals surface area (Å²) in [6, 6.07) is 26.8. The van der Waals surface area contributed by atoms with Crippen molar-refractivity contribution in [1.29, 1.82) is 0 Å². The minimum atomic E-state index is -0.873. The van der Waals surface area contributed by atoms with Crippen molar-refractivity contribution >= 4 is 17.8 Å². The topological polar surface area (TPSA) is 81.7 Å². The maximum absolute atomic E-state index is 13.2. The van der Waals surface area contributed by atoms with E-state index in [9.17, 15) is 14.4 Å². The first kappa shape index (κ1) is 27.7. The second kappa shape index (κ2) is 12.9. The SMILES string of the molecule is COC(=O)[C@H](CCCC(=O)OC(C)(C)C)NC(=O)c1cccc(C(c2ccccc2)c2ccccc2)c1. The van der Waals surface area contributed by atoms with Crippen LogP contribution in [0.4, 0.5) is 0 Å². The van der Waals surface area contributed by atoms with Crippen molar-refractivity contribution in [2.45, 2.75) is 57.6 Å². The van der Waals surface area contributed by atoms with Crippen LogP contribution >= 0.6 is 0 Å². The smallest absolute Gasteiger partial charge is 0.328 e. The van der Waals surface area contributed by atoms with Gasteiger partial charge >= 0.3 is 11.9 Å². The molecule has 6 heteroatoms. The summed E-state index contributed by atoms with van der Waals surface area (Å²) in [5, 5.41) is 2.79. The van der Waals surface area contributed by atoms with Crippen LogP contribution < -0.4 is 5.32 Å². The monoisotopic (exact) mass is 501 g/mol. The number of nitrogens with one attached hydrogen (secondary N) is 1. The van der Waals surface area contributed by atoms with Gasteiger partial charge in [-0.25, -0.2) is 4.79 Å². The molecular formula is C31H35NO5. The summed E-state index contributed by atoms with van der Waals surface area (Å²) in [6.07, 6.45) is 0.777. The second-order valence-electron chi connectivity index (χ2n) is 9.91. The molecule has 3 aromatic carbocycles. The van der Waals surface area contributed by atoms with Gasteiger partial charge in [0.25, 0.3) is 5.91 Å². The van der Waals surface area contributed by atoms with Gasteiger partial charge in [-0.2, -0.15) is 0 Å². The van der Waals surface area contributed by atoms with Gasteiger partial charge in [0, 0.05) is 17.9 Å². The van der Waals surface area contributed by atoms with E-state index in [2.05, 4.69) is 29.6 Å². The quantitative estimate of drug-likeness (QED) is 0.287. The maximum atomic E-state index is 13.2. The third-order valence-electron chi connectivity index (χ3n) is 5.83. The van der Waals surface area contributed by atoms with Crippen molar-refractivity contribution in [3.05, 3.63) is 107 Å². The van der Waals surface area contributed by atoms with Crippen LogP contribution in [0.1, 0.15) is 73.0 Å². The third kappa shape index (κ3) is 8.31. The number of amides is 1. The fraction of sp³-hybridized carbons (Fsp3) is 0.323. The maximum Gasteiger partial charge on any atom is 0.328 e. The Morgan fingerprint density at radius 3 is 1.92 bits per heavy atom. The summed E-state index contributed by atoms with van der Waals surface area (Å²) < 4.78 is 10.2. The molecule has 0 heterocycles. The Hall–Kier alpha value is -3.93. The van der Waals surface area contributed by atoms with Crippen LogP contribution in [0.3, 0.4) is 0 Å². The van der Waals surface area contributed by atoms with Gasteiger partial charge in [-0.1, -0.05) is 72.8 Å². The van der Waals surface area contributed by atoms with E-state index in [4.69, 9.17) is 9.47 Å². The molecule has 6 nitrogen and oxygen atoms in total. The molecule has 0 unspecified atom stereocenters. The largest absolute Gasteiger partial charge is 0.467 e. The van der Waals surface area contributed by atoms with Gasteiger partial charge in [-0.3, -0.25) is 9.59 Å². The van der Waals surface area contributed by atoms with Crippen molar-refractivity contribution in [2.24, 2.45) is 0 Å². The van der Waals surface area contributed by atoms with Crippen LogP contribution in [0.25, 0.3) is 0 Å². The highest BCUT2D eigenvalue weighted by atomic mass is 16.6. The van der Waals surface area contributed by atoms with Gasteiger partial charge in [0.05, 0.1) is 7.11 Å². The highest BCUT2D eigenvalue weighted by Gasteiger charge is 2.24. The highest BCUT2D eigenvalue weighted by Crippen LogP contribution is 2.32. The summed E-state index contributed by atoms with van der Waals surface area (Å²) >= 11 is 0. The Labute approximate surface area is 219 Å². The second-order valence-corrected chi connectivity index (χ2v) is 9.91. The molecule has 0 bridgehead atoms. The third-order valence-corrected chi connectivity index (χ3v) is 5.83. The summed E-state index contributed by atoms with van der Waals surface area (Å²) in [4.78, 5) is 37.6. The molecule has 0 fully saturated rings. The summed E-state index contributed by atoms with van der Waals surface area (Å²) in [5.74, 6) is -1.34. The van der Waals surface area contributed by atoms with Crippen molar-refractivity contribution in [1.82, 2.24) is 5.32 Å². The lowest BCUT2D eigenvalue weighted by atomic mass is 9.84. The van der Waals surface area contributed by atoms with Crippen molar-refractivity contribution in [2.75, 3.05) is 7.11 Å². The zero-order valence-electron chi connectivity index (χ0n) is 21.9. The van der Waals surface area contributed by atoms with Crippen LogP contribution in [-0.4, -0.2) is 36.6 Å². The van der Waals surface area contributed by atoms with Crippen LogP contribution in [0.5, 0.6) is 0 Å². The van der Waals surface area contributed by atoms with E-state index in [1.165, 1.54) is 7.11 Å². The number of esters is 2. The van der Waals surface area contributed by atoms with Crippen LogP contribution in [-0.2, 0) is 19.1 Å². The lowest BCUT2D eigenvalue weighted by Crippen LogP contribution is -2.41. The Kier molecular flexibility index (Phi) is 9.61. The Morgan fingerprint density at radius 2 is 1.38 bits per heavy atom. The van der Waals surface area contributed by atoms with Gasteiger partial charge in [0.1, 0.15) is 11.6 Å². The molecule has 194 valence electrons. The average Bonchev–Trinajstić information content (AvgIpc) is 2.88. The van der Waals surface area contributed by atoms with E-state index in [0.29, 0.717) is 12.0 Å². The Balaban J connectivity index is 1.77. The molecule has 0 spiro atoms. The zero-order valence-corrected chi connectivity index (χ0v) is 21.9. The fourth-order valence-corrected chi connectivity index (χ4v) is 4.20. The number of carbonyl (C=O) groups excluding carboxylic acids is 3. The normalized spacial score (nSPS) is 12.0. The Morgan fingerprint density at radius 1 is 0.811 bits per heavy atom. The Bertz CT molecular complexity index is 1150. The number of ether oxygens (including phenoxy) is 2. The van der Waals surface area contributed by atoms with Crippen LogP contribution in [0.2, 0.25) is 0 Å². The lowest BCUT2D eigenvalue weighted by molar-refractivity contribution is -0.155. The molecule has 0 aliphatic rings. The molecule has 1 amide bonds. The van der Waals surface area contributed by atoms with Gasteiger partial charge in [-0.05, 0) is 62.4 Å². The molecular weight excluding hydrogens is 466 g/mol. The number of carbonyl (C=O) groups is 3. The average molecular weight is 502 g/mol. The molecule has 37 heavy (non-hydrogen) atoms.